The molecule has 0 saturated carbocycles. The number of hydrogen-bond donors (Lipinski definition) is 1. The van der Waals surface area contributed by atoms with Crippen molar-refractivity contribution in [2.45, 2.75) is 38.8 Å². The second kappa shape index (κ2) is 4.65. The van der Waals surface area contributed by atoms with Gasteiger partial charge in [-0.2, -0.15) is 0 Å². The number of carbonyl (C=O) groups is 1. The van der Waals surface area contributed by atoms with Gasteiger partial charge in [-0.3, -0.25) is 9.69 Å². The summed E-state index contributed by atoms with van der Waals surface area (Å²) in [5, 5.41) is 13.0. The van der Waals surface area contributed by atoms with Crippen molar-refractivity contribution in [1.82, 2.24) is 10.1 Å². The van der Waals surface area contributed by atoms with Gasteiger partial charge in [0, 0.05) is 12.6 Å². The van der Waals surface area contributed by atoms with Crippen molar-refractivity contribution < 1.29 is 14.4 Å². The molecule has 2 rings (SSSR count). The average molecular weight is 224 g/mol. The number of aryl methyl sites for hydroxylation is 1. The maximum absolute atomic E-state index is 11.1. The minimum atomic E-state index is -0.736. The Hall–Kier alpha value is -1.36. The number of aliphatic carboxylic acids is 1. The van der Waals surface area contributed by atoms with Gasteiger partial charge in [0.25, 0.3) is 0 Å². The maximum atomic E-state index is 11.1. The Balaban J connectivity index is 2.03. The lowest BCUT2D eigenvalue weighted by molar-refractivity contribution is -0.144. The molecule has 0 spiro atoms. The molecule has 1 aromatic rings. The largest absolute Gasteiger partial charge is 0.480 e. The van der Waals surface area contributed by atoms with E-state index in [9.17, 15) is 4.79 Å². The van der Waals surface area contributed by atoms with Gasteiger partial charge in [0.1, 0.15) is 11.8 Å². The number of nitrogens with zero attached hydrogens (tertiary/aromatic N) is 2. The number of rotatable bonds is 3. The third-order valence-electron chi connectivity index (χ3n) is 2.94. The number of piperidine rings is 1. The quantitative estimate of drug-likeness (QED) is 0.841. The van der Waals surface area contributed by atoms with Crippen LogP contribution >= 0.6 is 0 Å². The Kier molecular flexibility index (Phi) is 3.24. The van der Waals surface area contributed by atoms with Crippen LogP contribution in [0.5, 0.6) is 0 Å². The Labute approximate surface area is 94.0 Å². The molecule has 1 aromatic heterocycles. The summed E-state index contributed by atoms with van der Waals surface area (Å²) in [6.45, 7) is 3.22. The second-order valence-corrected chi connectivity index (χ2v) is 4.25. The Bertz CT molecular complexity index is 375. The molecule has 2 heterocycles. The van der Waals surface area contributed by atoms with Gasteiger partial charge in [-0.25, -0.2) is 0 Å². The average Bonchev–Trinajstić information content (AvgIpc) is 2.64. The number of carboxylic acids is 1. The SMILES string of the molecule is Cc1cc(CN2CCCCC2C(=O)O)no1. The van der Waals surface area contributed by atoms with E-state index in [4.69, 9.17) is 9.63 Å². The van der Waals surface area contributed by atoms with Gasteiger partial charge in [-0.05, 0) is 26.3 Å². The van der Waals surface area contributed by atoms with Gasteiger partial charge >= 0.3 is 5.97 Å². The van der Waals surface area contributed by atoms with Crippen LogP contribution < -0.4 is 0 Å². The number of carboxylic acid groups (broad SMARTS) is 1. The molecular weight excluding hydrogens is 208 g/mol. The van der Waals surface area contributed by atoms with Gasteiger partial charge in [0.15, 0.2) is 0 Å². The molecule has 0 aromatic carbocycles. The van der Waals surface area contributed by atoms with Gasteiger partial charge in [0.2, 0.25) is 0 Å². The monoisotopic (exact) mass is 224 g/mol. The van der Waals surface area contributed by atoms with Gasteiger partial charge < -0.3 is 9.63 Å². The van der Waals surface area contributed by atoms with E-state index >= 15 is 0 Å². The standard InChI is InChI=1S/C11H16N2O3/c1-8-6-9(12-16-8)7-13-5-3-2-4-10(13)11(14)15/h6,10H,2-5,7H2,1H3,(H,14,15). The summed E-state index contributed by atoms with van der Waals surface area (Å²) in [6, 6.07) is 1.49. The summed E-state index contributed by atoms with van der Waals surface area (Å²) in [4.78, 5) is 13.0. The molecule has 1 saturated heterocycles. The first-order valence-electron chi connectivity index (χ1n) is 5.56. The molecule has 5 heteroatoms. The fraction of sp³-hybridized carbons (Fsp3) is 0.636. The summed E-state index contributed by atoms with van der Waals surface area (Å²) < 4.78 is 4.98. The lowest BCUT2D eigenvalue weighted by atomic mass is 10.0. The zero-order valence-electron chi connectivity index (χ0n) is 9.35. The highest BCUT2D eigenvalue weighted by molar-refractivity contribution is 5.73. The molecule has 1 N–H and O–H groups in total. The summed E-state index contributed by atoms with van der Waals surface area (Å²) in [6.07, 6.45) is 2.78. The predicted molar refractivity (Wildman–Crippen MR) is 56.9 cm³/mol. The fourth-order valence-corrected chi connectivity index (χ4v) is 2.16. The Morgan fingerprint density at radius 1 is 1.69 bits per heavy atom. The first-order valence-corrected chi connectivity index (χ1v) is 5.56. The Morgan fingerprint density at radius 3 is 3.12 bits per heavy atom. The first-order chi connectivity index (χ1) is 7.66. The lowest BCUT2D eigenvalue weighted by Crippen LogP contribution is -2.44. The van der Waals surface area contributed by atoms with Crippen LogP contribution in [-0.4, -0.2) is 33.7 Å². The van der Waals surface area contributed by atoms with Crippen molar-refractivity contribution in [1.29, 1.82) is 0 Å². The minimum absolute atomic E-state index is 0.370. The van der Waals surface area contributed by atoms with E-state index in [1.165, 1.54) is 0 Å². The summed E-state index contributed by atoms with van der Waals surface area (Å²) in [7, 11) is 0. The van der Waals surface area contributed by atoms with Crippen LogP contribution in [-0.2, 0) is 11.3 Å². The number of hydrogen-bond acceptors (Lipinski definition) is 4. The second-order valence-electron chi connectivity index (χ2n) is 4.25. The molecule has 0 aliphatic carbocycles. The molecule has 1 atom stereocenters. The maximum Gasteiger partial charge on any atom is 0.320 e. The third kappa shape index (κ3) is 2.41. The minimum Gasteiger partial charge on any atom is -0.480 e. The molecule has 1 aliphatic heterocycles. The van der Waals surface area contributed by atoms with Crippen molar-refractivity contribution in [3.63, 3.8) is 0 Å². The van der Waals surface area contributed by atoms with E-state index < -0.39 is 5.97 Å². The van der Waals surface area contributed by atoms with Gasteiger partial charge in [-0.1, -0.05) is 11.6 Å². The molecular formula is C11H16N2O3. The fourth-order valence-electron chi connectivity index (χ4n) is 2.16. The van der Waals surface area contributed by atoms with Crippen LogP contribution in [0.25, 0.3) is 0 Å². The highest BCUT2D eigenvalue weighted by Gasteiger charge is 2.28. The Morgan fingerprint density at radius 2 is 2.50 bits per heavy atom. The van der Waals surface area contributed by atoms with E-state index in [0.717, 1.165) is 37.3 Å². The van der Waals surface area contributed by atoms with Crippen molar-refractivity contribution in [2.75, 3.05) is 6.54 Å². The number of aromatic nitrogens is 1. The highest BCUT2D eigenvalue weighted by Crippen LogP contribution is 2.19. The van der Waals surface area contributed by atoms with Crippen LogP contribution in [0.1, 0.15) is 30.7 Å². The lowest BCUT2D eigenvalue weighted by Gasteiger charge is -2.31. The van der Waals surface area contributed by atoms with Crippen molar-refractivity contribution in [2.24, 2.45) is 0 Å². The van der Waals surface area contributed by atoms with Crippen molar-refractivity contribution in [3.8, 4) is 0 Å². The van der Waals surface area contributed by atoms with E-state index in [-0.39, 0.29) is 6.04 Å². The van der Waals surface area contributed by atoms with E-state index in [0.29, 0.717) is 6.54 Å². The van der Waals surface area contributed by atoms with Crippen LogP contribution in [0.4, 0.5) is 0 Å². The van der Waals surface area contributed by atoms with Gasteiger partial charge in [-0.15, -0.1) is 0 Å². The molecule has 1 unspecified atom stereocenters. The molecule has 1 aliphatic rings. The molecule has 0 radical (unpaired) electrons. The molecule has 16 heavy (non-hydrogen) atoms. The van der Waals surface area contributed by atoms with Crippen LogP contribution in [0.15, 0.2) is 10.6 Å². The normalized spacial score (nSPS) is 22.2. The topological polar surface area (TPSA) is 66.6 Å². The molecule has 0 bridgehead atoms. The van der Waals surface area contributed by atoms with Crippen LogP contribution in [0.2, 0.25) is 0 Å². The number of likely N-dealkylation sites (tertiary alicyclic amines) is 1. The predicted octanol–water partition coefficient (Wildman–Crippen LogP) is 1.42. The zero-order chi connectivity index (χ0) is 11.5. The summed E-state index contributed by atoms with van der Waals surface area (Å²) in [5.74, 6) is 0.0267. The first kappa shape index (κ1) is 11.1. The summed E-state index contributed by atoms with van der Waals surface area (Å²) in [5.41, 5.74) is 0.811. The molecule has 1 fully saturated rings. The van der Waals surface area contributed by atoms with Crippen LogP contribution in [0.3, 0.4) is 0 Å². The summed E-state index contributed by atoms with van der Waals surface area (Å²) >= 11 is 0. The zero-order valence-corrected chi connectivity index (χ0v) is 9.35. The third-order valence-corrected chi connectivity index (χ3v) is 2.94. The van der Waals surface area contributed by atoms with Crippen LogP contribution in [0, 0.1) is 6.92 Å². The van der Waals surface area contributed by atoms with E-state index in [1.807, 2.05) is 17.9 Å². The van der Waals surface area contributed by atoms with Crippen molar-refractivity contribution >= 4 is 5.97 Å². The van der Waals surface area contributed by atoms with Crippen molar-refractivity contribution in [3.05, 3.63) is 17.5 Å². The molecule has 5 nitrogen and oxygen atoms in total. The highest BCUT2D eigenvalue weighted by atomic mass is 16.5. The smallest absolute Gasteiger partial charge is 0.320 e. The van der Waals surface area contributed by atoms with E-state index in [1.54, 1.807) is 0 Å². The van der Waals surface area contributed by atoms with Gasteiger partial charge in [0.05, 0.1) is 5.69 Å². The molecule has 0 amide bonds. The van der Waals surface area contributed by atoms with E-state index in [2.05, 4.69) is 5.16 Å². The molecule has 88 valence electrons.